The Morgan fingerprint density at radius 2 is 2.05 bits per heavy atom. The molecule has 1 N–H and O–H groups in total. The van der Waals surface area contributed by atoms with Gasteiger partial charge in [0.2, 0.25) is 0 Å². The molecule has 0 aliphatic rings. The van der Waals surface area contributed by atoms with E-state index in [4.69, 9.17) is 0 Å². The molecule has 0 aliphatic carbocycles. The summed E-state index contributed by atoms with van der Waals surface area (Å²) in [6.07, 6.45) is 3.42. The lowest BCUT2D eigenvalue weighted by Gasteiger charge is -2.21. The Bertz CT molecular complexity index is 614. The number of rotatable bonds is 3. The highest BCUT2D eigenvalue weighted by Crippen LogP contribution is 2.11. The quantitative estimate of drug-likeness (QED) is 0.527. The van der Waals surface area contributed by atoms with Gasteiger partial charge >= 0.3 is 0 Å². The molecule has 1 rings (SSSR count). The summed E-state index contributed by atoms with van der Waals surface area (Å²) in [6, 6.07) is 5.06. The average Bonchev–Trinajstić information content (AvgIpc) is 2.32. The van der Waals surface area contributed by atoms with Crippen molar-refractivity contribution >= 4 is 8.07 Å². The van der Waals surface area contributed by atoms with E-state index in [2.05, 4.69) is 31.1 Å². The van der Waals surface area contributed by atoms with Crippen LogP contribution in [0.5, 0.6) is 0 Å². The van der Waals surface area contributed by atoms with Gasteiger partial charge in [0.15, 0.2) is 5.60 Å². The number of pyridine rings is 1. The number of allylic oxidation sites excluding steroid dienone is 1. The van der Waals surface area contributed by atoms with Crippen LogP contribution in [0.3, 0.4) is 0 Å². The van der Waals surface area contributed by atoms with Crippen molar-refractivity contribution in [2.24, 2.45) is 0 Å². The first-order valence-electron chi connectivity index (χ1n) is 6.74. The van der Waals surface area contributed by atoms with E-state index in [9.17, 15) is 9.90 Å². The van der Waals surface area contributed by atoms with Gasteiger partial charge in [-0.2, -0.15) is 0 Å². The van der Waals surface area contributed by atoms with Gasteiger partial charge in [-0.05, 0) is 26.0 Å². The van der Waals surface area contributed by atoms with Gasteiger partial charge in [0.1, 0.15) is 8.07 Å². The fraction of sp³-hybridized carbons (Fsp3) is 0.438. The molecule has 4 heteroatoms. The monoisotopic (exact) mass is 289 g/mol. The SMILES string of the molecule is C/C=C/C(O)(C#C[Si](C)(C)C)Cn1c(C)cccc1=O. The lowest BCUT2D eigenvalue weighted by Crippen LogP contribution is -2.36. The van der Waals surface area contributed by atoms with Crippen molar-refractivity contribution in [2.75, 3.05) is 0 Å². The molecule has 0 saturated carbocycles. The summed E-state index contributed by atoms with van der Waals surface area (Å²) in [4.78, 5) is 11.9. The highest BCUT2D eigenvalue weighted by atomic mass is 28.3. The van der Waals surface area contributed by atoms with Crippen molar-refractivity contribution in [2.45, 2.75) is 45.6 Å². The van der Waals surface area contributed by atoms with E-state index >= 15 is 0 Å². The molecule has 0 radical (unpaired) electrons. The highest BCUT2D eigenvalue weighted by molar-refractivity contribution is 6.83. The smallest absolute Gasteiger partial charge is 0.250 e. The molecule has 1 aromatic rings. The summed E-state index contributed by atoms with van der Waals surface area (Å²) in [5.41, 5.74) is 2.57. The van der Waals surface area contributed by atoms with E-state index in [-0.39, 0.29) is 12.1 Å². The number of aliphatic hydroxyl groups is 1. The molecule has 0 aromatic carbocycles. The van der Waals surface area contributed by atoms with Crippen LogP contribution in [-0.4, -0.2) is 23.3 Å². The average molecular weight is 289 g/mol. The summed E-state index contributed by atoms with van der Waals surface area (Å²) in [5.74, 6) is 2.96. The number of aryl methyl sites for hydroxylation is 1. The van der Waals surface area contributed by atoms with Crippen LogP contribution in [-0.2, 0) is 6.54 Å². The molecular formula is C16H23NO2Si. The second kappa shape index (κ2) is 6.25. The fourth-order valence-electron chi connectivity index (χ4n) is 1.77. The van der Waals surface area contributed by atoms with Crippen LogP contribution in [0, 0.1) is 18.4 Å². The molecule has 0 saturated heterocycles. The summed E-state index contributed by atoms with van der Waals surface area (Å²) < 4.78 is 1.55. The topological polar surface area (TPSA) is 42.2 Å². The molecule has 0 fully saturated rings. The molecule has 3 nitrogen and oxygen atoms in total. The van der Waals surface area contributed by atoms with Crippen LogP contribution in [0.15, 0.2) is 35.1 Å². The van der Waals surface area contributed by atoms with Crippen LogP contribution < -0.4 is 5.56 Å². The summed E-state index contributed by atoms with van der Waals surface area (Å²) in [7, 11) is -1.58. The van der Waals surface area contributed by atoms with E-state index in [1.54, 1.807) is 22.8 Å². The Morgan fingerprint density at radius 1 is 1.40 bits per heavy atom. The van der Waals surface area contributed by atoms with Crippen molar-refractivity contribution < 1.29 is 5.11 Å². The Balaban J connectivity index is 3.22. The van der Waals surface area contributed by atoms with Gasteiger partial charge in [0, 0.05) is 11.8 Å². The van der Waals surface area contributed by atoms with Crippen LogP contribution >= 0.6 is 0 Å². The van der Waals surface area contributed by atoms with Gasteiger partial charge in [0.25, 0.3) is 5.56 Å². The van der Waals surface area contributed by atoms with Crippen molar-refractivity contribution in [1.82, 2.24) is 4.57 Å². The lowest BCUT2D eigenvalue weighted by molar-refractivity contribution is 0.130. The minimum atomic E-state index is -1.58. The van der Waals surface area contributed by atoms with E-state index in [0.29, 0.717) is 0 Å². The van der Waals surface area contributed by atoms with Gasteiger partial charge in [-0.1, -0.05) is 37.7 Å². The first kappa shape index (κ1) is 16.5. The summed E-state index contributed by atoms with van der Waals surface area (Å²) in [6.45, 7) is 10.2. The van der Waals surface area contributed by atoms with Crippen molar-refractivity contribution in [3.8, 4) is 11.5 Å². The molecule has 1 unspecified atom stereocenters. The molecule has 1 aromatic heterocycles. The predicted molar refractivity (Wildman–Crippen MR) is 86.3 cm³/mol. The minimum Gasteiger partial charge on any atom is -0.372 e. The standard InChI is InChI=1S/C16H23NO2Si/c1-6-10-16(19,11-12-20(3,4)5)13-17-14(2)8-7-9-15(17)18/h6-10,19H,13H2,1-5H3/b10-6+. The van der Waals surface area contributed by atoms with Gasteiger partial charge in [-0.3, -0.25) is 4.79 Å². The van der Waals surface area contributed by atoms with E-state index in [1.807, 2.05) is 19.9 Å². The molecular weight excluding hydrogens is 266 g/mol. The van der Waals surface area contributed by atoms with Crippen molar-refractivity contribution in [3.63, 3.8) is 0 Å². The van der Waals surface area contributed by atoms with Gasteiger partial charge in [-0.25, -0.2) is 0 Å². The third-order valence-electron chi connectivity index (χ3n) is 2.76. The fourth-order valence-corrected chi connectivity index (χ4v) is 2.36. The van der Waals surface area contributed by atoms with Gasteiger partial charge < -0.3 is 9.67 Å². The van der Waals surface area contributed by atoms with Crippen molar-refractivity contribution in [3.05, 3.63) is 46.4 Å². The Labute approximate surface area is 122 Å². The van der Waals surface area contributed by atoms with E-state index in [1.165, 1.54) is 6.07 Å². The number of aromatic nitrogens is 1. The first-order chi connectivity index (χ1) is 9.17. The number of hydrogen-bond donors (Lipinski definition) is 1. The van der Waals surface area contributed by atoms with Crippen LogP contribution in [0.4, 0.5) is 0 Å². The molecule has 0 aliphatic heterocycles. The zero-order valence-corrected chi connectivity index (χ0v) is 13.9. The van der Waals surface area contributed by atoms with Crippen LogP contribution in [0.25, 0.3) is 0 Å². The Morgan fingerprint density at radius 3 is 2.55 bits per heavy atom. The molecule has 108 valence electrons. The lowest BCUT2D eigenvalue weighted by atomic mass is 10.0. The molecule has 1 atom stereocenters. The third kappa shape index (κ3) is 4.84. The first-order valence-corrected chi connectivity index (χ1v) is 10.2. The zero-order chi connectivity index (χ0) is 15.4. The van der Waals surface area contributed by atoms with Crippen LogP contribution in [0.2, 0.25) is 19.6 Å². The maximum atomic E-state index is 11.9. The zero-order valence-electron chi connectivity index (χ0n) is 12.9. The normalized spacial score (nSPS) is 14.7. The van der Waals surface area contributed by atoms with Gasteiger partial charge in [-0.15, -0.1) is 5.54 Å². The molecule has 0 amide bonds. The second-order valence-corrected chi connectivity index (χ2v) is 10.8. The van der Waals surface area contributed by atoms with Gasteiger partial charge in [0.05, 0.1) is 6.54 Å². The largest absolute Gasteiger partial charge is 0.372 e. The molecule has 0 bridgehead atoms. The molecule has 20 heavy (non-hydrogen) atoms. The molecule has 1 heterocycles. The third-order valence-corrected chi connectivity index (χ3v) is 3.64. The minimum absolute atomic E-state index is 0.122. The predicted octanol–water partition coefficient (Wildman–Crippen LogP) is 2.34. The second-order valence-electron chi connectivity index (χ2n) is 6.02. The number of hydrogen-bond acceptors (Lipinski definition) is 2. The van der Waals surface area contributed by atoms with Crippen molar-refractivity contribution in [1.29, 1.82) is 0 Å². The Hall–Kier alpha value is -1.57. The maximum absolute atomic E-state index is 11.9. The Kier molecular flexibility index (Phi) is 5.15. The maximum Gasteiger partial charge on any atom is 0.250 e. The highest BCUT2D eigenvalue weighted by Gasteiger charge is 2.23. The van der Waals surface area contributed by atoms with E-state index < -0.39 is 13.7 Å². The van der Waals surface area contributed by atoms with E-state index in [0.717, 1.165) is 5.69 Å². The summed E-state index contributed by atoms with van der Waals surface area (Å²) >= 11 is 0. The number of nitrogens with zero attached hydrogens (tertiary/aromatic N) is 1. The molecule has 0 spiro atoms. The summed E-state index contributed by atoms with van der Waals surface area (Å²) in [5, 5.41) is 10.7. The van der Waals surface area contributed by atoms with Crippen LogP contribution in [0.1, 0.15) is 12.6 Å².